The lowest BCUT2D eigenvalue weighted by molar-refractivity contribution is 1.28. The summed E-state index contributed by atoms with van der Waals surface area (Å²) in [6.45, 7) is 0. The van der Waals surface area contributed by atoms with Crippen molar-refractivity contribution in [2.75, 3.05) is 4.90 Å². The van der Waals surface area contributed by atoms with Gasteiger partial charge in [0, 0.05) is 17.1 Å². The molecule has 0 fully saturated rings. The second-order valence-corrected chi connectivity index (χ2v) is 14.2. The first-order chi connectivity index (χ1) is 29.9. The fraction of sp³-hybridized carbons (Fsp3) is 0. The molecule has 0 radical (unpaired) electrons. The Kier molecular flexibility index (Phi) is 7.84. The molecule has 0 N–H and O–H groups in total. The minimum atomic E-state index is -0.121. The molecule has 0 saturated carbocycles. The highest BCUT2D eigenvalue weighted by Crippen LogP contribution is 2.42. The summed E-state index contributed by atoms with van der Waals surface area (Å²) in [5.41, 5.74) is 11.0. The number of fused-ring (bicyclic) bond motifs is 2. The van der Waals surface area contributed by atoms with Crippen LogP contribution in [-0.2, 0) is 0 Å². The van der Waals surface area contributed by atoms with Gasteiger partial charge in [-0.05, 0) is 120 Å². The molecule has 0 amide bonds. The summed E-state index contributed by atoms with van der Waals surface area (Å²) in [5, 5.41) is 4.62. The normalized spacial score (nSPS) is 12.1. The lowest BCUT2D eigenvalue weighted by atomic mass is 9.90. The minimum Gasteiger partial charge on any atom is -0.310 e. The van der Waals surface area contributed by atoms with Crippen molar-refractivity contribution < 1.29 is 5.48 Å². The minimum absolute atomic E-state index is 0.0977. The van der Waals surface area contributed by atoms with Gasteiger partial charge in [0.1, 0.15) is 0 Å². The van der Waals surface area contributed by atoms with E-state index in [0.717, 1.165) is 66.4 Å². The molecule has 57 heavy (non-hydrogen) atoms. The van der Waals surface area contributed by atoms with Crippen LogP contribution in [0, 0.1) is 0 Å². The van der Waals surface area contributed by atoms with Crippen LogP contribution in [0.5, 0.6) is 0 Å². The van der Waals surface area contributed by atoms with Crippen LogP contribution in [-0.4, -0.2) is 0 Å². The van der Waals surface area contributed by atoms with Gasteiger partial charge >= 0.3 is 0 Å². The first kappa shape index (κ1) is 29.8. The first-order valence-electron chi connectivity index (χ1n) is 21.3. The van der Waals surface area contributed by atoms with Gasteiger partial charge in [0.2, 0.25) is 0 Å². The van der Waals surface area contributed by atoms with Gasteiger partial charge in [0.25, 0.3) is 0 Å². The lowest BCUT2D eigenvalue weighted by Crippen LogP contribution is -2.10. The standard InChI is InChI=1S/C56H39N/c1-3-12-40(13-4-1)42-22-24-43(25-23-42)44-28-33-51(34-29-44)57(53-20-11-19-49(39-53)50-27-26-41-14-7-8-18-48(41)38-50)52-35-30-46(31-36-52)55-37-32-45-15-9-10-21-54(45)56(55)47-16-5-2-6-17-47/h1-39H/i28D,29D,33D,34D. The van der Waals surface area contributed by atoms with Crippen molar-refractivity contribution >= 4 is 38.6 Å². The van der Waals surface area contributed by atoms with E-state index in [2.05, 4.69) is 115 Å². The number of hydrogen-bond acceptors (Lipinski definition) is 1. The van der Waals surface area contributed by atoms with Crippen LogP contribution in [0.25, 0.3) is 77.2 Å². The number of hydrogen-bond donors (Lipinski definition) is 0. The molecule has 0 heterocycles. The number of benzene rings is 10. The van der Waals surface area contributed by atoms with Crippen LogP contribution in [0.3, 0.4) is 0 Å². The van der Waals surface area contributed by atoms with Gasteiger partial charge in [-0.2, -0.15) is 0 Å². The Bertz CT molecular complexity index is 3190. The second kappa shape index (κ2) is 15.0. The summed E-state index contributed by atoms with van der Waals surface area (Å²) in [4.78, 5) is 1.87. The predicted molar refractivity (Wildman–Crippen MR) is 243 cm³/mol. The summed E-state index contributed by atoms with van der Waals surface area (Å²) in [6.07, 6.45) is 0. The van der Waals surface area contributed by atoms with E-state index >= 15 is 0 Å². The molecule has 0 atom stereocenters. The Balaban J connectivity index is 1.12. The predicted octanol–water partition coefficient (Wildman–Crippen LogP) is 15.8. The monoisotopic (exact) mass is 729 g/mol. The maximum atomic E-state index is 9.58. The smallest absolute Gasteiger partial charge is 0.0645 e. The molecule has 10 aromatic rings. The van der Waals surface area contributed by atoms with Gasteiger partial charge in [-0.3, -0.25) is 0 Å². The van der Waals surface area contributed by atoms with Crippen molar-refractivity contribution in [2.24, 2.45) is 0 Å². The van der Waals surface area contributed by atoms with Crippen molar-refractivity contribution in [3.8, 4) is 55.6 Å². The van der Waals surface area contributed by atoms with E-state index in [-0.39, 0.29) is 35.4 Å². The molecule has 1 nitrogen and oxygen atoms in total. The van der Waals surface area contributed by atoms with E-state index in [1.807, 2.05) is 102 Å². The fourth-order valence-electron chi connectivity index (χ4n) is 7.84. The molecule has 0 aliphatic heterocycles. The summed E-state index contributed by atoms with van der Waals surface area (Å²) in [6, 6.07) is 71.6. The summed E-state index contributed by atoms with van der Waals surface area (Å²) < 4.78 is 38.0. The van der Waals surface area contributed by atoms with Gasteiger partial charge in [-0.15, -0.1) is 0 Å². The quantitative estimate of drug-likeness (QED) is 0.151. The van der Waals surface area contributed by atoms with Crippen LogP contribution in [0.15, 0.2) is 236 Å². The van der Waals surface area contributed by atoms with Gasteiger partial charge in [0.15, 0.2) is 0 Å². The highest BCUT2D eigenvalue weighted by Gasteiger charge is 2.17. The molecule has 0 spiro atoms. The number of nitrogens with zero attached hydrogens (tertiary/aromatic N) is 1. The molecule has 268 valence electrons. The van der Waals surface area contributed by atoms with Crippen molar-refractivity contribution in [1.29, 1.82) is 0 Å². The molecule has 10 aromatic carbocycles. The molecule has 0 aromatic heterocycles. The molecular weight excluding hydrogens is 687 g/mol. The maximum absolute atomic E-state index is 9.58. The molecule has 0 unspecified atom stereocenters. The highest BCUT2D eigenvalue weighted by atomic mass is 15.1. The third-order valence-corrected chi connectivity index (χ3v) is 10.7. The largest absolute Gasteiger partial charge is 0.310 e. The van der Waals surface area contributed by atoms with E-state index in [1.165, 1.54) is 5.39 Å². The topological polar surface area (TPSA) is 3.24 Å². The number of rotatable bonds is 8. The van der Waals surface area contributed by atoms with Crippen LogP contribution in [0.1, 0.15) is 5.48 Å². The molecule has 0 aliphatic carbocycles. The Morgan fingerprint density at radius 3 is 1.54 bits per heavy atom. The molecular formula is C56H39N. The van der Waals surface area contributed by atoms with Crippen molar-refractivity contribution in [2.45, 2.75) is 0 Å². The molecule has 0 aliphatic rings. The number of anilines is 3. The van der Waals surface area contributed by atoms with Crippen molar-refractivity contribution in [1.82, 2.24) is 0 Å². The molecule has 0 bridgehead atoms. The van der Waals surface area contributed by atoms with E-state index in [9.17, 15) is 5.48 Å². The Labute approximate surface area is 340 Å². The van der Waals surface area contributed by atoms with Gasteiger partial charge < -0.3 is 4.90 Å². The zero-order valence-corrected chi connectivity index (χ0v) is 31.2. The summed E-state index contributed by atoms with van der Waals surface area (Å²) in [7, 11) is 0. The SMILES string of the molecule is [2H]c1c([2H])c(N(c2ccc(-c3ccc4ccccc4c3-c3ccccc3)cc2)c2cccc(-c3ccc4ccccc4c3)c2)c([2H])c([2H])c1-c1ccc(-c2ccccc2)cc1. The third-order valence-electron chi connectivity index (χ3n) is 10.7. The molecule has 1 heteroatoms. The van der Waals surface area contributed by atoms with E-state index in [4.69, 9.17) is 0 Å². The summed E-state index contributed by atoms with van der Waals surface area (Å²) in [5.74, 6) is 0. The third kappa shape index (κ3) is 6.77. The summed E-state index contributed by atoms with van der Waals surface area (Å²) >= 11 is 0. The van der Waals surface area contributed by atoms with Gasteiger partial charge in [-0.25, -0.2) is 0 Å². The molecule has 10 rings (SSSR count). The van der Waals surface area contributed by atoms with Gasteiger partial charge in [-0.1, -0.05) is 194 Å². The maximum Gasteiger partial charge on any atom is 0.0645 e. The van der Waals surface area contributed by atoms with Gasteiger partial charge in [0.05, 0.1) is 5.48 Å². The van der Waals surface area contributed by atoms with E-state index in [1.54, 1.807) is 0 Å². The average molecular weight is 730 g/mol. The van der Waals surface area contributed by atoms with Crippen molar-refractivity contribution in [3.63, 3.8) is 0 Å². The Morgan fingerprint density at radius 2 is 0.807 bits per heavy atom. The first-order valence-corrected chi connectivity index (χ1v) is 19.3. The van der Waals surface area contributed by atoms with E-state index in [0.29, 0.717) is 11.3 Å². The van der Waals surface area contributed by atoms with Crippen LogP contribution >= 0.6 is 0 Å². The zero-order valence-electron chi connectivity index (χ0n) is 35.2. The van der Waals surface area contributed by atoms with E-state index < -0.39 is 0 Å². The second-order valence-electron chi connectivity index (χ2n) is 14.2. The average Bonchev–Trinajstić information content (AvgIpc) is 3.32. The van der Waals surface area contributed by atoms with Crippen LogP contribution < -0.4 is 4.90 Å². The van der Waals surface area contributed by atoms with Crippen molar-refractivity contribution in [3.05, 3.63) is 236 Å². The molecule has 0 saturated heterocycles. The Morgan fingerprint density at radius 1 is 0.281 bits per heavy atom. The highest BCUT2D eigenvalue weighted by molar-refractivity contribution is 6.04. The lowest BCUT2D eigenvalue weighted by Gasteiger charge is -2.26. The zero-order chi connectivity index (χ0) is 41.5. The fourth-order valence-corrected chi connectivity index (χ4v) is 7.84. The van der Waals surface area contributed by atoms with Crippen LogP contribution in [0.2, 0.25) is 0 Å². The van der Waals surface area contributed by atoms with Crippen LogP contribution in [0.4, 0.5) is 17.1 Å². The Hall–Kier alpha value is -7.48.